The summed E-state index contributed by atoms with van der Waals surface area (Å²) in [6.45, 7) is 0.668. The monoisotopic (exact) mass is 470 g/mol. The highest BCUT2D eigenvalue weighted by Crippen LogP contribution is 2.27. The van der Waals surface area contributed by atoms with Crippen LogP contribution >= 0.6 is 27.5 Å². The molecule has 1 aliphatic rings. The van der Waals surface area contributed by atoms with Crippen LogP contribution in [0.2, 0.25) is 5.02 Å². The summed E-state index contributed by atoms with van der Waals surface area (Å²) in [6, 6.07) is 14.4. The number of benzene rings is 2. The Bertz CT molecular complexity index is 928. The SMILES string of the molecule is O=C(Nc1ccccc1Br)C1CCN(S(=O)(=O)Cc2ccccc2Cl)CC1. The molecule has 5 nitrogen and oxygen atoms in total. The molecule has 0 saturated carbocycles. The van der Waals surface area contributed by atoms with Gasteiger partial charge in [0.1, 0.15) is 0 Å². The summed E-state index contributed by atoms with van der Waals surface area (Å²) in [7, 11) is -3.46. The van der Waals surface area contributed by atoms with Crippen molar-refractivity contribution in [1.29, 1.82) is 0 Å². The topological polar surface area (TPSA) is 66.5 Å². The van der Waals surface area contributed by atoms with Crippen LogP contribution in [-0.2, 0) is 20.6 Å². The maximum absolute atomic E-state index is 12.7. The lowest BCUT2D eigenvalue weighted by Gasteiger charge is -2.30. The summed E-state index contributed by atoms with van der Waals surface area (Å²) in [5.74, 6) is -0.408. The average molecular weight is 472 g/mol. The fourth-order valence-corrected chi connectivity index (χ4v) is 5.36. The first-order chi connectivity index (χ1) is 12.9. The van der Waals surface area contributed by atoms with Gasteiger partial charge in [-0.3, -0.25) is 4.79 Å². The molecule has 0 bridgehead atoms. The van der Waals surface area contributed by atoms with Gasteiger partial charge in [0.05, 0.1) is 11.4 Å². The molecule has 0 unspecified atom stereocenters. The normalized spacial score (nSPS) is 16.2. The van der Waals surface area contributed by atoms with Crippen LogP contribution in [0.25, 0.3) is 0 Å². The van der Waals surface area contributed by atoms with Crippen molar-refractivity contribution in [3.05, 3.63) is 63.6 Å². The van der Waals surface area contributed by atoms with E-state index < -0.39 is 10.0 Å². The molecule has 1 heterocycles. The smallest absolute Gasteiger partial charge is 0.227 e. The minimum atomic E-state index is -3.46. The first kappa shape index (κ1) is 20.3. The molecule has 8 heteroatoms. The van der Waals surface area contributed by atoms with Gasteiger partial charge in [-0.15, -0.1) is 0 Å². The first-order valence-corrected chi connectivity index (χ1v) is 11.4. The average Bonchev–Trinajstić information content (AvgIpc) is 2.65. The maximum Gasteiger partial charge on any atom is 0.227 e. The number of anilines is 1. The van der Waals surface area contributed by atoms with Gasteiger partial charge < -0.3 is 5.32 Å². The number of amides is 1. The van der Waals surface area contributed by atoms with Crippen LogP contribution in [-0.4, -0.2) is 31.7 Å². The van der Waals surface area contributed by atoms with Crippen LogP contribution in [0.3, 0.4) is 0 Å². The molecule has 144 valence electrons. The van der Waals surface area contributed by atoms with Crippen LogP contribution in [0.4, 0.5) is 5.69 Å². The number of carbonyl (C=O) groups is 1. The Morgan fingerprint density at radius 1 is 1.11 bits per heavy atom. The molecule has 1 aliphatic heterocycles. The number of rotatable bonds is 5. The molecule has 0 spiro atoms. The third kappa shape index (κ3) is 5.10. The summed E-state index contributed by atoms with van der Waals surface area (Å²) in [4.78, 5) is 12.5. The van der Waals surface area contributed by atoms with Gasteiger partial charge in [0, 0.05) is 28.5 Å². The molecule has 0 aromatic heterocycles. The van der Waals surface area contributed by atoms with Gasteiger partial charge in [-0.25, -0.2) is 12.7 Å². The fourth-order valence-electron chi connectivity index (χ4n) is 3.10. The number of nitrogens with one attached hydrogen (secondary N) is 1. The van der Waals surface area contributed by atoms with Gasteiger partial charge >= 0.3 is 0 Å². The van der Waals surface area contributed by atoms with E-state index in [1.807, 2.05) is 24.3 Å². The van der Waals surface area contributed by atoms with Gasteiger partial charge in [0.2, 0.25) is 15.9 Å². The molecule has 1 fully saturated rings. The molecule has 1 N–H and O–H groups in total. The molecular formula is C19H20BrClN2O3S. The van der Waals surface area contributed by atoms with Crippen molar-refractivity contribution in [3.8, 4) is 0 Å². The number of carbonyl (C=O) groups excluding carboxylic acids is 1. The van der Waals surface area contributed by atoms with E-state index in [0.29, 0.717) is 36.5 Å². The second-order valence-electron chi connectivity index (χ2n) is 6.49. The number of hydrogen-bond donors (Lipinski definition) is 1. The number of piperidine rings is 1. The molecule has 3 rings (SSSR count). The highest BCUT2D eigenvalue weighted by atomic mass is 79.9. The van der Waals surface area contributed by atoms with Gasteiger partial charge in [-0.2, -0.15) is 0 Å². The van der Waals surface area contributed by atoms with Crippen molar-refractivity contribution in [1.82, 2.24) is 4.31 Å². The maximum atomic E-state index is 12.7. The van der Waals surface area contributed by atoms with Crippen molar-refractivity contribution in [2.45, 2.75) is 18.6 Å². The van der Waals surface area contributed by atoms with Crippen molar-refractivity contribution < 1.29 is 13.2 Å². The van der Waals surface area contributed by atoms with Crippen molar-refractivity contribution in [3.63, 3.8) is 0 Å². The Balaban J connectivity index is 1.59. The lowest BCUT2D eigenvalue weighted by molar-refractivity contribution is -0.120. The molecule has 1 amide bonds. The zero-order valence-corrected chi connectivity index (χ0v) is 17.7. The largest absolute Gasteiger partial charge is 0.325 e. The third-order valence-electron chi connectivity index (χ3n) is 4.65. The summed E-state index contributed by atoms with van der Waals surface area (Å²) in [6.07, 6.45) is 0.996. The number of halogens is 2. The third-order valence-corrected chi connectivity index (χ3v) is 7.53. The Morgan fingerprint density at radius 3 is 2.41 bits per heavy atom. The van der Waals surface area contributed by atoms with Gasteiger partial charge in [0.15, 0.2) is 0 Å². The van der Waals surface area contributed by atoms with Crippen LogP contribution < -0.4 is 5.32 Å². The van der Waals surface area contributed by atoms with Crippen molar-refractivity contribution in [2.24, 2.45) is 5.92 Å². The standard InChI is InChI=1S/C19H20BrClN2O3S/c20-16-6-2-4-8-18(16)22-19(24)14-9-11-23(12-10-14)27(25,26)13-15-5-1-3-7-17(15)21/h1-8,14H,9-13H2,(H,22,24). The summed E-state index contributed by atoms with van der Waals surface area (Å²) in [5.41, 5.74) is 1.31. The quantitative estimate of drug-likeness (QED) is 0.708. The molecule has 0 aliphatic carbocycles. The minimum absolute atomic E-state index is 0.0787. The predicted molar refractivity (Wildman–Crippen MR) is 111 cm³/mol. The summed E-state index contributed by atoms with van der Waals surface area (Å²) >= 11 is 9.49. The number of sulfonamides is 1. The molecule has 2 aromatic rings. The van der Waals surface area contributed by atoms with Crippen molar-refractivity contribution in [2.75, 3.05) is 18.4 Å². The molecule has 27 heavy (non-hydrogen) atoms. The van der Waals surface area contributed by atoms with E-state index in [9.17, 15) is 13.2 Å². The first-order valence-electron chi connectivity index (χ1n) is 8.63. The van der Waals surface area contributed by atoms with E-state index in [4.69, 9.17) is 11.6 Å². The van der Waals surface area contributed by atoms with E-state index in [1.54, 1.807) is 24.3 Å². The lowest BCUT2D eigenvalue weighted by atomic mass is 9.97. The highest BCUT2D eigenvalue weighted by Gasteiger charge is 2.31. The minimum Gasteiger partial charge on any atom is -0.325 e. The number of para-hydroxylation sites is 1. The van der Waals surface area contributed by atoms with Gasteiger partial charge in [0.25, 0.3) is 0 Å². The van der Waals surface area contributed by atoms with Crippen LogP contribution in [0, 0.1) is 5.92 Å². The zero-order chi connectivity index (χ0) is 19.4. The van der Waals surface area contributed by atoms with E-state index in [0.717, 1.165) is 10.2 Å². The molecular weight excluding hydrogens is 452 g/mol. The second kappa shape index (κ2) is 8.73. The van der Waals surface area contributed by atoms with E-state index in [2.05, 4.69) is 21.2 Å². The molecule has 1 saturated heterocycles. The number of hydrogen-bond acceptors (Lipinski definition) is 3. The lowest BCUT2D eigenvalue weighted by Crippen LogP contribution is -2.41. The van der Waals surface area contributed by atoms with Crippen LogP contribution in [0.5, 0.6) is 0 Å². The zero-order valence-electron chi connectivity index (χ0n) is 14.6. The van der Waals surface area contributed by atoms with Gasteiger partial charge in [-0.05, 0) is 52.5 Å². The Kier molecular flexibility index (Phi) is 6.57. The Hall–Kier alpha value is -1.41. The van der Waals surface area contributed by atoms with Gasteiger partial charge in [-0.1, -0.05) is 41.9 Å². The Morgan fingerprint density at radius 2 is 1.74 bits per heavy atom. The second-order valence-corrected chi connectivity index (χ2v) is 9.72. The molecule has 0 radical (unpaired) electrons. The Labute approximate surface area is 172 Å². The molecule has 2 aromatic carbocycles. The van der Waals surface area contributed by atoms with E-state index in [-0.39, 0.29) is 17.6 Å². The number of nitrogens with zero attached hydrogens (tertiary/aromatic N) is 1. The van der Waals surface area contributed by atoms with Crippen LogP contribution in [0.1, 0.15) is 18.4 Å². The highest BCUT2D eigenvalue weighted by molar-refractivity contribution is 9.10. The molecule has 0 atom stereocenters. The summed E-state index contributed by atoms with van der Waals surface area (Å²) in [5, 5.41) is 3.36. The van der Waals surface area contributed by atoms with Crippen molar-refractivity contribution >= 4 is 49.1 Å². The van der Waals surface area contributed by atoms with E-state index >= 15 is 0 Å². The summed E-state index contributed by atoms with van der Waals surface area (Å²) < 4.78 is 27.6. The fraction of sp³-hybridized carbons (Fsp3) is 0.316. The predicted octanol–water partition coefficient (Wildman–Crippen LogP) is 4.28. The van der Waals surface area contributed by atoms with E-state index in [1.165, 1.54) is 4.31 Å². The van der Waals surface area contributed by atoms with Crippen LogP contribution in [0.15, 0.2) is 53.0 Å².